The lowest BCUT2D eigenvalue weighted by Crippen LogP contribution is -2.51. The Bertz CT molecular complexity index is 341. The van der Waals surface area contributed by atoms with Crippen LogP contribution in [0.2, 0.25) is 0 Å². The highest BCUT2D eigenvalue weighted by atomic mass is 16.3. The van der Waals surface area contributed by atoms with Crippen molar-refractivity contribution in [1.29, 1.82) is 5.26 Å². The van der Waals surface area contributed by atoms with Crippen molar-refractivity contribution in [1.82, 2.24) is 0 Å². The van der Waals surface area contributed by atoms with Gasteiger partial charge in [0.05, 0.1) is 17.1 Å². The summed E-state index contributed by atoms with van der Waals surface area (Å²) in [7, 11) is 0. The topological polar surface area (TPSA) is 44.0 Å². The molecular formula is C18H31NO. The molecule has 0 unspecified atom stereocenters. The van der Waals surface area contributed by atoms with E-state index in [-0.39, 0.29) is 0 Å². The van der Waals surface area contributed by atoms with Crippen LogP contribution in [-0.4, -0.2) is 10.7 Å². The third-order valence-corrected chi connectivity index (χ3v) is 6.27. The summed E-state index contributed by atoms with van der Waals surface area (Å²) in [5.41, 5.74) is -1.15. The van der Waals surface area contributed by atoms with Crippen molar-refractivity contribution in [2.75, 3.05) is 0 Å². The number of nitriles is 1. The lowest BCUT2D eigenvalue weighted by molar-refractivity contribution is -0.109. The normalized spacial score (nSPS) is 42.1. The molecule has 0 saturated heterocycles. The summed E-state index contributed by atoms with van der Waals surface area (Å²) in [5, 5.41) is 20.9. The molecule has 0 amide bonds. The zero-order valence-corrected chi connectivity index (χ0v) is 13.3. The third kappa shape index (κ3) is 2.89. The molecule has 0 atom stereocenters. The Morgan fingerprint density at radius 3 is 2.00 bits per heavy atom. The number of nitrogens with zero attached hydrogens (tertiary/aromatic N) is 1. The molecular weight excluding hydrogens is 246 g/mol. The lowest BCUT2D eigenvalue weighted by atomic mass is 9.57. The number of aliphatic hydroxyl groups is 1. The van der Waals surface area contributed by atoms with Crippen LogP contribution in [0.5, 0.6) is 0 Å². The first-order chi connectivity index (χ1) is 9.59. The van der Waals surface area contributed by atoms with Crippen LogP contribution in [0.1, 0.15) is 84.5 Å². The van der Waals surface area contributed by atoms with Gasteiger partial charge in [-0.25, -0.2) is 0 Å². The van der Waals surface area contributed by atoms with Crippen LogP contribution < -0.4 is 0 Å². The van der Waals surface area contributed by atoms with Crippen LogP contribution >= 0.6 is 0 Å². The lowest BCUT2D eigenvalue weighted by Gasteiger charge is -2.49. The van der Waals surface area contributed by atoms with E-state index in [2.05, 4.69) is 19.9 Å². The Morgan fingerprint density at radius 2 is 1.55 bits per heavy atom. The Balaban J connectivity index is 2.03. The average molecular weight is 277 g/mol. The van der Waals surface area contributed by atoms with Crippen molar-refractivity contribution in [3.63, 3.8) is 0 Å². The van der Waals surface area contributed by atoms with Crippen LogP contribution in [0, 0.1) is 28.6 Å². The number of rotatable bonds is 4. The van der Waals surface area contributed by atoms with Crippen molar-refractivity contribution in [2.24, 2.45) is 17.3 Å². The fourth-order valence-corrected chi connectivity index (χ4v) is 4.59. The molecule has 1 N–H and O–H groups in total. The summed E-state index contributed by atoms with van der Waals surface area (Å²) in [4.78, 5) is 0. The molecule has 0 bridgehead atoms. The summed E-state index contributed by atoms with van der Waals surface area (Å²) in [6, 6.07) is 2.57. The molecule has 20 heavy (non-hydrogen) atoms. The second-order valence-electron chi connectivity index (χ2n) is 7.31. The van der Waals surface area contributed by atoms with Gasteiger partial charge in [-0.1, -0.05) is 33.1 Å². The molecule has 2 nitrogen and oxygen atoms in total. The number of hydrogen-bond donors (Lipinski definition) is 1. The molecule has 114 valence electrons. The third-order valence-electron chi connectivity index (χ3n) is 6.27. The van der Waals surface area contributed by atoms with Gasteiger partial charge < -0.3 is 5.11 Å². The second-order valence-corrected chi connectivity index (χ2v) is 7.31. The summed E-state index contributed by atoms with van der Waals surface area (Å²) < 4.78 is 0. The molecule has 2 saturated carbocycles. The monoisotopic (exact) mass is 277 g/mol. The zero-order valence-electron chi connectivity index (χ0n) is 13.3. The highest BCUT2D eigenvalue weighted by molar-refractivity contribution is 5.14. The molecule has 2 rings (SSSR count). The van der Waals surface area contributed by atoms with Crippen LogP contribution in [0.3, 0.4) is 0 Å². The molecule has 2 fully saturated rings. The van der Waals surface area contributed by atoms with Gasteiger partial charge in [-0.05, 0) is 63.2 Å². The fourth-order valence-electron chi connectivity index (χ4n) is 4.59. The van der Waals surface area contributed by atoms with Crippen molar-refractivity contribution >= 4 is 0 Å². The highest BCUT2D eigenvalue weighted by Gasteiger charge is 2.52. The average Bonchev–Trinajstić information content (AvgIpc) is 2.49. The van der Waals surface area contributed by atoms with Gasteiger partial charge in [-0.3, -0.25) is 0 Å². The van der Waals surface area contributed by atoms with Crippen LogP contribution in [0.15, 0.2) is 0 Å². The molecule has 0 spiro atoms. The van der Waals surface area contributed by atoms with E-state index in [0.717, 1.165) is 63.2 Å². The van der Waals surface area contributed by atoms with E-state index < -0.39 is 11.0 Å². The first-order valence-corrected chi connectivity index (χ1v) is 8.73. The second kappa shape index (κ2) is 6.48. The van der Waals surface area contributed by atoms with Gasteiger partial charge in [0, 0.05) is 0 Å². The summed E-state index contributed by atoms with van der Waals surface area (Å²) in [5.74, 6) is 1.56. The molecule has 2 aliphatic carbocycles. The summed E-state index contributed by atoms with van der Waals surface area (Å²) in [6.45, 7) is 4.48. The zero-order chi connectivity index (χ0) is 14.6. The van der Waals surface area contributed by atoms with E-state index in [9.17, 15) is 10.4 Å². The predicted molar refractivity (Wildman–Crippen MR) is 82.1 cm³/mol. The van der Waals surface area contributed by atoms with Crippen molar-refractivity contribution < 1.29 is 5.11 Å². The van der Waals surface area contributed by atoms with Crippen molar-refractivity contribution in [3.05, 3.63) is 0 Å². The number of hydrogen-bond acceptors (Lipinski definition) is 2. The van der Waals surface area contributed by atoms with Crippen LogP contribution in [-0.2, 0) is 0 Å². The SMILES string of the molecule is CCCC1CCC(C#N)(C2(O)CCC(CC)CC2)CC1. The minimum absolute atomic E-state index is 0.448. The van der Waals surface area contributed by atoms with E-state index in [1.165, 1.54) is 19.3 Å². The van der Waals surface area contributed by atoms with Gasteiger partial charge in [-0.15, -0.1) is 0 Å². The van der Waals surface area contributed by atoms with Gasteiger partial charge in [-0.2, -0.15) is 5.26 Å². The van der Waals surface area contributed by atoms with E-state index >= 15 is 0 Å². The van der Waals surface area contributed by atoms with E-state index in [0.29, 0.717) is 0 Å². The smallest absolute Gasteiger partial charge is 0.0860 e. The Kier molecular flexibility index (Phi) is 5.13. The van der Waals surface area contributed by atoms with Crippen molar-refractivity contribution in [2.45, 2.75) is 90.1 Å². The minimum Gasteiger partial charge on any atom is -0.388 e. The van der Waals surface area contributed by atoms with Crippen molar-refractivity contribution in [3.8, 4) is 6.07 Å². The quantitative estimate of drug-likeness (QED) is 0.800. The fraction of sp³-hybridized carbons (Fsp3) is 0.944. The van der Waals surface area contributed by atoms with Gasteiger partial charge >= 0.3 is 0 Å². The van der Waals surface area contributed by atoms with E-state index in [1.807, 2.05) is 0 Å². The molecule has 0 heterocycles. The Hall–Kier alpha value is -0.550. The van der Waals surface area contributed by atoms with E-state index in [4.69, 9.17) is 0 Å². The molecule has 0 aliphatic heterocycles. The molecule has 0 aromatic heterocycles. The first-order valence-electron chi connectivity index (χ1n) is 8.73. The Morgan fingerprint density at radius 1 is 1.00 bits per heavy atom. The maximum absolute atomic E-state index is 11.2. The van der Waals surface area contributed by atoms with Gasteiger partial charge in [0.25, 0.3) is 0 Å². The van der Waals surface area contributed by atoms with Crippen LogP contribution in [0.25, 0.3) is 0 Å². The van der Waals surface area contributed by atoms with Crippen LogP contribution in [0.4, 0.5) is 0 Å². The summed E-state index contributed by atoms with van der Waals surface area (Å²) in [6.07, 6.45) is 11.8. The largest absolute Gasteiger partial charge is 0.388 e. The van der Waals surface area contributed by atoms with Gasteiger partial charge in [0.1, 0.15) is 0 Å². The first kappa shape index (κ1) is 15.8. The van der Waals surface area contributed by atoms with Gasteiger partial charge in [0.15, 0.2) is 0 Å². The highest BCUT2D eigenvalue weighted by Crippen LogP contribution is 2.53. The standard InChI is InChI=1S/C18H31NO/c1-3-5-16-6-10-17(14-19,11-7-16)18(20)12-8-15(4-2)9-13-18/h15-16,20H,3-13H2,1-2H3. The molecule has 0 radical (unpaired) electrons. The maximum atomic E-state index is 11.2. The Labute approximate surface area is 124 Å². The van der Waals surface area contributed by atoms with Gasteiger partial charge in [0.2, 0.25) is 0 Å². The molecule has 2 aliphatic rings. The summed E-state index contributed by atoms with van der Waals surface area (Å²) >= 11 is 0. The molecule has 2 heteroatoms. The predicted octanol–water partition coefficient (Wildman–Crippen LogP) is 4.82. The van der Waals surface area contributed by atoms with E-state index in [1.54, 1.807) is 0 Å². The molecule has 0 aromatic carbocycles. The molecule has 0 aromatic rings. The maximum Gasteiger partial charge on any atom is 0.0860 e. The minimum atomic E-state index is -0.704.